The summed E-state index contributed by atoms with van der Waals surface area (Å²) < 4.78 is 15.6. The summed E-state index contributed by atoms with van der Waals surface area (Å²) in [6.07, 6.45) is 2.36. The maximum absolute atomic E-state index is 12.0. The molecule has 0 aromatic carbocycles. The lowest BCUT2D eigenvalue weighted by Crippen LogP contribution is -2.33. The van der Waals surface area contributed by atoms with Gasteiger partial charge in [0, 0.05) is 0 Å². The lowest BCUT2D eigenvalue weighted by molar-refractivity contribution is -0.149. The molecule has 0 saturated carbocycles. The number of cyclic esters (lactones) is 1. The van der Waals surface area contributed by atoms with Crippen LogP contribution in [0.4, 0.5) is 0 Å². The molecule has 5 N–H and O–H groups in total. The number of esters is 1. The number of aliphatic hydroxyl groups excluding tert-OH is 5. The molecule has 9 nitrogen and oxygen atoms in total. The molecule has 0 fully saturated rings. The molecule has 0 aromatic rings. The van der Waals surface area contributed by atoms with Crippen LogP contribution in [0.5, 0.6) is 0 Å². The molecule has 28 heavy (non-hydrogen) atoms. The van der Waals surface area contributed by atoms with Gasteiger partial charge in [-0.05, 0) is 6.42 Å². The first-order chi connectivity index (χ1) is 13.4. The van der Waals surface area contributed by atoms with Gasteiger partial charge in [0.25, 0.3) is 0 Å². The van der Waals surface area contributed by atoms with E-state index in [0.29, 0.717) is 6.42 Å². The van der Waals surface area contributed by atoms with Crippen molar-refractivity contribution < 1.29 is 44.5 Å². The Labute approximate surface area is 165 Å². The summed E-state index contributed by atoms with van der Waals surface area (Å²) in [6.45, 7) is 0.404. The van der Waals surface area contributed by atoms with E-state index < -0.39 is 43.6 Å². The van der Waals surface area contributed by atoms with Crippen LogP contribution in [0.1, 0.15) is 51.9 Å². The first-order valence-electron chi connectivity index (χ1n) is 9.91. The van der Waals surface area contributed by atoms with Gasteiger partial charge in [-0.2, -0.15) is 0 Å². The van der Waals surface area contributed by atoms with Crippen molar-refractivity contribution in [2.45, 2.75) is 76.3 Å². The molecule has 0 spiro atoms. The Hall–Kier alpha value is -1.39. The molecule has 1 rings (SSSR count). The zero-order chi connectivity index (χ0) is 20.9. The van der Waals surface area contributed by atoms with E-state index in [1.165, 1.54) is 19.3 Å². The predicted molar refractivity (Wildman–Crippen MR) is 99.0 cm³/mol. The molecule has 1 aliphatic heterocycles. The van der Waals surface area contributed by atoms with Gasteiger partial charge in [-0.3, -0.25) is 0 Å². The Kier molecular flexibility index (Phi) is 12.1. The second-order valence-corrected chi connectivity index (χ2v) is 6.94. The average Bonchev–Trinajstić information content (AvgIpc) is 3.01. The second kappa shape index (κ2) is 13.7. The third kappa shape index (κ3) is 8.32. The van der Waals surface area contributed by atoms with Gasteiger partial charge in [-0.15, -0.1) is 0 Å². The minimum atomic E-state index is -1.43. The van der Waals surface area contributed by atoms with Crippen LogP contribution in [0, 0.1) is 0 Å². The minimum Gasteiger partial charge on any atom is -0.487 e. The van der Waals surface area contributed by atoms with Gasteiger partial charge in [0.15, 0.2) is 11.9 Å². The Morgan fingerprint density at radius 3 is 2.21 bits per heavy atom. The summed E-state index contributed by atoms with van der Waals surface area (Å²) in [6, 6.07) is 0. The van der Waals surface area contributed by atoms with Crippen LogP contribution in [-0.2, 0) is 19.0 Å². The highest BCUT2D eigenvalue weighted by Gasteiger charge is 2.42. The van der Waals surface area contributed by atoms with E-state index >= 15 is 0 Å². The molecule has 4 atom stereocenters. The van der Waals surface area contributed by atoms with Crippen molar-refractivity contribution >= 4 is 5.97 Å². The summed E-state index contributed by atoms with van der Waals surface area (Å²) in [5.41, 5.74) is 0. The Bertz CT molecular complexity index is 480. The highest BCUT2D eigenvalue weighted by Crippen LogP contribution is 2.27. The lowest BCUT2D eigenvalue weighted by Gasteiger charge is -2.19. The van der Waals surface area contributed by atoms with E-state index in [2.05, 4.69) is 6.92 Å². The van der Waals surface area contributed by atoms with Crippen LogP contribution < -0.4 is 0 Å². The molecular weight excluding hydrogens is 372 g/mol. The number of hydrogen-bond donors (Lipinski definition) is 5. The lowest BCUT2D eigenvalue weighted by atomic mass is 10.1. The first-order valence-corrected chi connectivity index (χ1v) is 9.91. The summed E-state index contributed by atoms with van der Waals surface area (Å²) in [4.78, 5) is 12.0. The van der Waals surface area contributed by atoms with Crippen molar-refractivity contribution in [3.05, 3.63) is 11.5 Å². The fraction of sp³-hybridized carbons (Fsp3) is 0.842. The minimum absolute atomic E-state index is 0.156. The van der Waals surface area contributed by atoms with Crippen molar-refractivity contribution in [2.24, 2.45) is 0 Å². The van der Waals surface area contributed by atoms with E-state index in [9.17, 15) is 20.1 Å². The molecular formula is C19H34O9. The van der Waals surface area contributed by atoms with Crippen LogP contribution in [0.2, 0.25) is 0 Å². The largest absolute Gasteiger partial charge is 0.487 e. The molecule has 164 valence electrons. The Morgan fingerprint density at radius 2 is 1.57 bits per heavy atom. The van der Waals surface area contributed by atoms with Gasteiger partial charge in [0.1, 0.15) is 25.4 Å². The second-order valence-electron chi connectivity index (χ2n) is 6.94. The molecule has 0 amide bonds. The molecule has 0 aromatic heterocycles. The molecule has 1 aliphatic rings. The molecule has 0 saturated heterocycles. The van der Waals surface area contributed by atoms with Crippen LogP contribution in [0.3, 0.4) is 0 Å². The SMILES string of the molecule is CCCCCCCCC(O)COC1=C(OCC(O)CO)C(C(O)CO)OC1=O. The monoisotopic (exact) mass is 406 g/mol. The van der Waals surface area contributed by atoms with E-state index in [0.717, 1.165) is 19.3 Å². The summed E-state index contributed by atoms with van der Waals surface area (Å²) in [5.74, 6) is -1.38. The van der Waals surface area contributed by atoms with Crippen LogP contribution >= 0.6 is 0 Å². The zero-order valence-electron chi connectivity index (χ0n) is 16.5. The van der Waals surface area contributed by atoms with Crippen LogP contribution in [-0.4, -0.2) is 82.3 Å². The number of aliphatic hydroxyl groups is 5. The molecule has 0 bridgehead atoms. The molecule has 1 heterocycles. The fourth-order valence-electron chi connectivity index (χ4n) is 2.74. The van der Waals surface area contributed by atoms with Gasteiger partial charge in [0.2, 0.25) is 5.76 Å². The Morgan fingerprint density at radius 1 is 0.929 bits per heavy atom. The average molecular weight is 406 g/mol. The van der Waals surface area contributed by atoms with Gasteiger partial charge in [0.05, 0.1) is 19.3 Å². The molecule has 0 radical (unpaired) electrons. The molecule has 4 unspecified atom stereocenters. The molecule has 9 heteroatoms. The molecule has 0 aliphatic carbocycles. The van der Waals surface area contributed by atoms with Crippen molar-refractivity contribution in [2.75, 3.05) is 26.4 Å². The standard InChI is InChI=1S/C19H34O9/c1-2-3-4-5-6-7-8-13(22)11-27-18-17(26-12-14(23)9-20)16(15(24)10-21)28-19(18)25/h13-16,20-24H,2-12H2,1H3. The van der Waals surface area contributed by atoms with E-state index in [-0.39, 0.29) is 24.7 Å². The Balaban J connectivity index is 2.59. The van der Waals surface area contributed by atoms with Crippen LogP contribution in [0.15, 0.2) is 11.5 Å². The smallest absolute Gasteiger partial charge is 0.378 e. The van der Waals surface area contributed by atoms with Crippen molar-refractivity contribution in [1.29, 1.82) is 0 Å². The third-order valence-electron chi connectivity index (χ3n) is 4.39. The van der Waals surface area contributed by atoms with Crippen molar-refractivity contribution in [1.82, 2.24) is 0 Å². The number of ether oxygens (including phenoxy) is 3. The fourth-order valence-corrected chi connectivity index (χ4v) is 2.74. The van der Waals surface area contributed by atoms with Gasteiger partial charge in [-0.25, -0.2) is 4.79 Å². The number of unbranched alkanes of at least 4 members (excludes halogenated alkanes) is 5. The number of rotatable bonds is 16. The quantitative estimate of drug-likeness (QED) is 0.176. The normalized spacial score (nSPS) is 20.1. The van der Waals surface area contributed by atoms with Gasteiger partial charge < -0.3 is 39.7 Å². The highest BCUT2D eigenvalue weighted by atomic mass is 16.6. The van der Waals surface area contributed by atoms with Gasteiger partial charge >= 0.3 is 5.97 Å². The van der Waals surface area contributed by atoms with E-state index in [1.807, 2.05) is 0 Å². The van der Waals surface area contributed by atoms with E-state index in [1.54, 1.807) is 0 Å². The van der Waals surface area contributed by atoms with Crippen molar-refractivity contribution in [3.63, 3.8) is 0 Å². The summed E-state index contributed by atoms with van der Waals surface area (Å²) >= 11 is 0. The van der Waals surface area contributed by atoms with Crippen LogP contribution in [0.25, 0.3) is 0 Å². The third-order valence-corrected chi connectivity index (χ3v) is 4.39. The maximum Gasteiger partial charge on any atom is 0.378 e. The zero-order valence-corrected chi connectivity index (χ0v) is 16.5. The number of hydrogen-bond acceptors (Lipinski definition) is 9. The van der Waals surface area contributed by atoms with Gasteiger partial charge in [-0.1, -0.05) is 45.4 Å². The predicted octanol–water partition coefficient (Wildman–Crippen LogP) is -0.0255. The topological polar surface area (TPSA) is 146 Å². The summed E-state index contributed by atoms with van der Waals surface area (Å²) in [7, 11) is 0. The highest BCUT2D eigenvalue weighted by molar-refractivity contribution is 5.89. The number of carbonyl (C=O) groups excluding carboxylic acids is 1. The van der Waals surface area contributed by atoms with E-state index in [4.69, 9.17) is 24.4 Å². The number of carbonyl (C=O) groups is 1. The van der Waals surface area contributed by atoms with Crippen molar-refractivity contribution in [3.8, 4) is 0 Å². The maximum atomic E-state index is 12.0. The summed E-state index contributed by atoms with van der Waals surface area (Å²) in [5, 5.41) is 47.3. The first kappa shape index (κ1) is 24.6.